The summed E-state index contributed by atoms with van der Waals surface area (Å²) in [5.74, 6) is 1.64. The fourth-order valence-corrected chi connectivity index (χ4v) is 3.78. The van der Waals surface area contributed by atoms with E-state index < -0.39 is 23.9 Å². The molecule has 0 aliphatic carbocycles. The van der Waals surface area contributed by atoms with Crippen molar-refractivity contribution in [1.29, 1.82) is 0 Å². The van der Waals surface area contributed by atoms with Crippen molar-refractivity contribution in [1.82, 2.24) is 4.90 Å². The Balaban J connectivity index is 1.72. The highest BCUT2D eigenvalue weighted by Crippen LogP contribution is 2.41. The number of carbonyl (C=O) groups is 1. The van der Waals surface area contributed by atoms with Crippen LogP contribution in [0.25, 0.3) is 0 Å². The molecule has 0 N–H and O–H groups in total. The third-order valence-corrected chi connectivity index (χ3v) is 6.39. The van der Waals surface area contributed by atoms with Gasteiger partial charge in [-0.05, 0) is 66.1 Å². The molecule has 184 valence electrons. The summed E-state index contributed by atoms with van der Waals surface area (Å²) < 4.78 is 35.5. The predicted octanol–water partition coefficient (Wildman–Crippen LogP) is 3.78. The molecule has 2 heterocycles. The van der Waals surface area contributed by atoms with Crippen molar-refractivity contribution in [2.24, 2.45) is 0 Å². The Bertz CT molecular complexity index is 816. The maximum absolute atomic E-state index is 12.3. The zero-order valence-corrected chi connectivity index (χ0v) is 21.4. The number of carbonyl (C=O) groups excluding carboxylic acids is 1. The number of ether oxygens (including phenoxy) is 4. The minimum absolute atomic E-state index is 0.0748. The van der Waals surface area contributed by atoms with Gasteiger partial charge < -0.3 is 33.2 Å². The van der Waals surface area contributed by atoms with Crippen LogP contribution in [0.1, 0.15) is 61.3 Å². The highest BCUT2D eigenvalue weighted by Gasteiger charge is 2.52. The van der Waals surface area contributed by atoms with Crippen molar-refractivity contribution in [3.05, 3.63) is 12.1 Å². The van der Waals surface area contributed by atoms with Crippen molar-refractivity contribution in [3.8, 4) is 17.2 Å². The van der Waals surface area contributed by atoms with Crippen LogP contribution in [0.2, 0.25) is 0 Å². The molecule has 1 aromatic rings. The van der Waals surface area contributed by atoms with Crippen LogP contribution in [0.4, 0.5) is 4.79 Å². The van der Waals surface area contributed by atoms with Crippen molar-refractivity contribution in [3.63, 3.8) is 0 Å². The zero-order chi connectivity index (χ0) is 24.6. The third-order valence-electron chi connectivity index (χ3n) is 6.39. The molecule has 2 fully saturated rings. The SMILES string of the molecule is COc1cc(B2OC(C)(C)C(C)(C)O2)cc(OC)c1OC1CCN(C(=O)OC(C)(C)C)CC1. The number of hydrogen-bond acceptors (Lipinski definition) is 7. The first-order chi connectivity index (χ1) is 15.3. The quantitative estimate of drug-likeness (QED) is 0.616. The Morgan fingerprint density at radius 1 is 1.00 bits per heavy atom. The standard InChI is InChI=1S/C24H38BNO7/c1-22(2,3)31-21(27)26-12-10-17(11-13-26)30-20-18(28-8)14-16(15-19(20)29-9)25-32-23(4,5)24(6,7)33-25/h14-15,17H,10-13H2,1-9H3. The average molecular weight is 463 g/mol. The summed E-state index contributed by atoms with van der Waals surface area (Å²) in [5.41, 5.74) is -0.607. The summed E-state index contributed by atoms with van der Waals surface area (Å²) in [5, 5.41) is 0. The summed E-state index contributed by atoms with van der Waals surface area (Å²) in [7, 11) is 2.66. The molecule has 0 spiro atoms. The molecule has 9 heteroatoms. The lowest BCUT2D eigenvalue weighted by atomic mass is 9.78. The molecule has 1 aromatic carbocycles. The largest absolute Gasteiger partial charge is 0.495 e. The van der Waals surface area contributed by atoms with Gasteiger partial charge in [-0.15, -0.1) is 0 Å². The average Bonchev–Trinajstić information content (AvgIpc) is 2.94. The second-order valence-corrected chi connectivity index (χ2v) is 10.6. The van der Waals surface area contributed by atoms with E-state index in [1.54, 1.807) is 19.1 Å². The molecular formula is C24H38BNO7. The van der Waals surface area contributed by atoms with Crippen LogP contribution in [-0.2, 0) is 14.0 Å². The van der Waals surface area contributed by atoms with Gasteiger partial charge in [-0.1, -0.05) is 0 Å². The number of hydrogen-bond donors (Lipinski definition) is 0. The molecule has 2 aliphatic heterocycles. The van der Waals surface area contributed by atoms with E-state index in [1.807, 2.05) is 60.6 Å². The van der Waals surface area contributed by atoms with Gasteiger partial charge in [-0.25, -0.2) is 4.79 Å². The van der Waals surface area contributed by atoms with E-state index in [4.69, 9.17) is 28.3 Å². The molecule has 2 saturated heterocycles. The van der Waals surface area contributed by atoms with Crippen LogP contribution in [0, 0.1) is 0 Å². The summed E-state index contributed by atoms with van der Waals surface area (Å²) in [6.07, 6.45) is 1.01. The van der Waals surface area contributed by atoms with Crippen LogP contribution < -0.4 is 19.7 Å². The number of benzene rings is 1. The molecule has 0 aromatic heterocycles. The third kappa shape index (κ3) is 5.69. The van der Waals surface area contributed by atoms with Crippen molar-refractivity contribution < 1.29 is 33.1 Å². The molecular weight excluding hydrogens is 425 g/mol. The van der Waals surface area contributed by atoms with E-state index in [-0.39, 0.29) is 12.2 Å². The Morgan fingerprint density at radius 2 is 1.48 bits per heavy atom. The van der Waals surface area contributed by atoms with Crippen LogP contribution in [0.5, 0.6) is 17.2 Å². The number of rotatable bonds is 5. The number of piperidine rings is 1. The summed E-state index contributed by atoms with van der Waals surface area (Å²) >= 11 is 0. The minimum Gasteiger partial charge on any atom is -0.493 e. The van der Waals surface area contributed by atoms with Gasteiger partial charge in [0, 0.05) is 25.9 Å². The van der Waals surface area contributed by atoms with Crippen LogP contribution in [0.15, 0.2) is 12.1 Å². The molecule has 0 saturated carbocycles. The van der Waals surface area contributed by atoms with Gasteiger partial charge >= 0.3 is 13.2 Å². The second kappa shape index (κ2) is 9.26. The van der Waals surface area contributed by atoms with Crippen LogP contribution >= 0.6 is 0 Å². The second-order valence-electron chi connectivity index (χ2n) is 10.6. The van der Waals surface area contributed by atoms with E-state index in [1.165, 1.54) is 0 Å². The van der Waals surface area contributed by atoms with E-state index in [0.29, 0.717) is 43.2 Å². The number of likely N-dealkylation sites (tertiary alicyclic amines) is 1. The van der Waals surface area contributed by atoms with Gasteiger partial charge in [-0.3, -0.25) is 0 Å². The van der Waals surface area contributed by atoms with E-state index >= 15 is 0 Å². The highest BCUT2D eigenvalue weighted by molar-refractivity contribution is 6.62. The molecule has 0 bridgehead atoms. The summed E-state index contributed by atoms with van der Waals surface area (Å²) in [6, 6.07) is 3.74. The van der Waals surface area contributed by atoms with E-state index in [2.05, 4.69) is 0 Å². The lowest BCUT2D eigenvalue weighted by Crippen LogP contribution is -2.44. The monoisotopic (exact) mass is 463 g/mol. The fourth-order valence-electron chi connectivity index (χ4n) is 3.78. The first-order valence-electron chi connectivity index (χ1n) is 11.5. The minimum atomic E-state index is -0.538. The van der Waals surface area contributed by atoms with Gasteiger partial charge in [0.05, 0.1) is 25.4 Å². The Labute approximate surface area is 197 Å². The molecule has 33 heavy (non-hydrogen) atoms. The number of nitrogens with zero attached hydrogens (tertiary/aromatic N) is 1. The molecule has 0 radical (unpaired) electrons. The topological polar surface area (TPSA) is 75.7 Å². The molecule has 1 amide bonds. The summed E-state index contributed by atoms with van der Waals surface area (Å²) in [6.45, 7) is 14.8. The number of amides is 1. The Morgan fingerprint density at radius 3 is 1.91 bits per heavy atom. The lowest BCUT2D eigenvalue weighted by Gasteiger charge is -2.34. The predicted molar refractivity (Wildman–Crippen MR) is 127 cm³/mol. The lowest BCUT2D eigenvalue weighted by molar-refractivity contribution is 0.00578. The van der Waals surface area contributed by atoms with Gasteiger partial charge in [0.15, 0.2) is 11.5 Å². The molecule has 2 aliphatic rings. The van der Waals surface area contributed by atoms with Crippen LogP contribution in [-0.4, -0.2) is 68.3 Å². The maximum Gasteiger partial charge on any atom is 0.495 e. The molecule has 0 atom stereocenters. The Hall–Kier alpha value is -2.13. The van der Waals surface area contributed by atoms with E-state index in [0.717, 1.165) is 5.46 Å². The van der Waals surface area contributed by atoms with Crippen molar-refractivity contribution in [2.75, 3.05) is 27.3 Å². The van der Waals surface area contributed by atoms with Gasteiger partial charge in [-0.2, -0.15) is 0 Å². The van der Waals surface area contributed by atoms with Gasteiger partial charge in [0.1, 0.15) is 11.7 Å². The maximum atomic E-state index is 12.3. The summed E-state index contributed by atoms with van der Waals surface area (Å²) in [4.78, 5) is 14.1. The zero-order valence-electron chi connectivity index (χ0n) is 21.4. The molecule has 8 nitrogen and oxygen atoms in total. The van der Waals surface area contributed by atoms with Crippen molar-refractivity contribution in [2.45, 2.75) is 84.2 Å². The highest BCUT2D eigenvalue weighted by atomic mass is 16.7. The van der Waals surface area contributed by atoms with Gasteiger partial charge in [0.25, 0.3) is 0 Å². The number of methoxy groups -OCH3 is 2. The first kappa shape index (κ1) is 25.5. The van der Waals surface area contributed by atoms with Gasteiger partial charge in [0.2, 0.25) is 5.75 Å². The smallest absolute Gasteiger partial charge is 0.493 e. The first-order valence-corrected chi connectivity index (χ1v) is 11.5. The fraction of sp³-hybridized carbons (Fsp3) is 0.708. The molecule has 3 rings (SSSR count). The molecule has 0 unspecified atom stereocenters. The van der Waals surface area contributed by atoms with Crippen LogP contribution in [0.3, 0.4) is 0 Å². The van der Waals surface area contributed by atoms with Crippen molar-refractivity contribution >= 4 is 18.7 Å². The normalized spacial score (nSPS) is 20.5. The Kier molecular flexibility index (Phi) is 7.15. The van der Waals surface area contributed by atoms with E-state index in [9.17, 15) is 4.79 Å².